The number of fused-ring (bicyclic) bond motifs is 1. The van der Waals surface area contributed by atoms with E-state index in [0.717, 1.165) is 56.2 Å². The number of hydrogen-bond donors (Lipinski definition) is 1. The van der Waals surface area contributed by atoms with Gasteiger partial charge >= 0.3 is 0 Å². The first kappa shape index (κ1) is 24.7. The highest BCUT2D eigenvalue weighted by molar-refractivity contribution is 8.00. The second kappa shape index (κ2) is 10.6. The molecule has 2 aromatic heterocycles. The number of amides is 1. The first-order valence-electron chi connectivity index (χ1n) is 12.4. The zero-order chi connectivity index (χ0) is 25.9. The number of anilines is 1. The Hall–Kier alpha value is -3.97. The van der Waals surface area contributed by atoms with Crippen molar-refractivity contribution in [1.29, 1.82) is 0 Å². The molecule has 186 valence electrons. The minimum Gasteiger partial charge on any atom is -0.325 e. The van der Waals surface area contributed by atoms with Crippen molar-refractivity contribution in [3.63, 3.8) is 0 Å². The Labute approximate surface area is 221 Å². The standard InChI is InChI=1S/C30H29N5OS/c1-5-24-26-29(35(34-24)23-14-10-7-11-15-23)32-28(22-12-8-6-9-13-22)33-30(26)37-18-25(36)31-27-20(3)16-19(2)17-21(27)4/h6-17H,5,18H2,1-4H3,(H,31,36). The fourth-order valence-electron chi connectivity index (χ4n) is 4.56. The van der Waals surface area contributed by atoms with Crippen molar-refractivity contribution in [2.45, 2.75) is 39.1 Å². The lowest BCUT2D eigenvalue weighted by Gasteiger charge is -2.13. The second-order valence-corrected chi connectivity index (χ2v) is 10.0. The van der Waals surface area contributed by atoms with Crippen molar-refractivity contribution >= 4 is 34.4 Å². The fourth-order valence-corrected chi connectivity index (χ4v) is 5.40. The van der Waals surface area contributed by atoms with Crippen LogP contribution in [0.25, 0.3) is 28.1 Å². The molecule has 0 fully saturated rings. The van der Waals surface area contributed by atoms with E-state index in [0.29, 0.717) is 5.82 Å². The Kier molecular flexibility index (Phi) is 7.06. The summed E-state index contributed by atoms with van der Waals surface area (Å²) in [6.07, 6.45) is 0.728. The third-order valence-electron chi connectivity index (χ3n) is 6.22. The molecule has 1 amide bonds. The Morgan fingerprint density at radius 3 is 2.22 bits per heavy atom. The quantitative estimate of drug-likeness (QED) is 0.196. The van der Waals surface area contributed by atoms with Crippen molar-refractivity contribution in [1.82, 2.24) is 19.7 Å². The van der Waals surface area contributed by atoms with Gasteiger partial charge < -0.3 is 5.32 Å². The number of hydrogen-bond acceptors (Lipinski definition) is 5. The third kappa shape index (κ3) is 5.13. The van der Waals surface area contributed by atoms with Crippen LogP contribution in [-0.2, 0) is 11.2 Å². The maximum absolute atomic E-state index is 13.1. The lowest BCUT2D eigenvalue weighted by molar-refractivity contribution is -0.113. The molecule has 1 N–H and O–H groups in total. The summed E-state index contributed by atoms with van der Waals surface area (Å²) >= 11 is 1.42. The summed E-state index contributed by atoms with van der Waals surface area (Å²) < 4.78 is 1.88. The van der Waals surface area contributed by atoms with Gasteiger partial charge in [0.25, 0.3) is 0 Å². The third-order valence-corrected chi connectivity index (χ3v) is 7.19. The van der Waals surface area contributed by atoms with Gasteiger partial charge in [-0.25, -0.2) is 14.6 Å². The van der Waals surface area contributed by atoms with Crippen LogP contribution in [0.1, 0.15) is 29.3 Å². The molecule has 0 aliphatic rings. The van der Waals surface area contributed by atoms with Gasteiger partial charge in [0.05, 0.1) is 22.5 Å². The maximum atomic E-state index is 13.1. The Morgan fingerprint density at radius 2 is 1.57 bits per heavy atom. The lowest BCUT2D eigenvalue weighted by Crippen LogP contribution is -2.16. The van der Waals surface area contributed by atoms with Gasteiger partial charge in [-0.2, -0.15) is 5.10 Å². The zero-order valence-corrected chi connectivity index (χ0v) is 22.3. The molecule has 0 aliphatic carbocycles. The molecule has 0 saturated heterocycles. The van der Waals surface area contributed by atoms with E-state index in [1.807, 2.05) is 79.2 Å². The van der Waals surface area contributed by atoms with Crippen LogP contribution in [0.15, 0.2) is 77.8 Å². The number of para-hydroxylation sites is 1. The molecule has 5 rings (SSSR count). The monoisotopic (exact) mass is 507 g/mol. The van der Waals surface area contributed by atoms with Crippen molar-refractivity contribution in [3.05, 3.63) is 95.2 Å². The van der Waals surface area contributed by atoms with Crippen LogP contribution < -0.4 is 5.32 Å². The van der Waals surface area contributed by atoms with E-state index in [1.165, 1.54) is 17.3 Å². The topological polar surface area (TPSA) is 72.7 Å². The summed E-state index contributed by atoms with van der Waals surface area (Å²) in [5.74, 6) is 0.773. The molecule has 2 heterocycles. The highest BCUT2D eigenvalue weighted by atomic mass is 32.2. The molecule has 7 heteroatoms. The van der Waals surface area contributed by atoms with Crippen molar-refractivity contribution in [3.8, 4) is 17.1 Å². The zero-order valence-electron chi connectivity index (χ0n) is 21.4. The van der Waals surface area contributed by atoms with Crippen LogP contribution >= 0.6 is 11.8 Å². The van der Waals surface area contributed by atoms with Gasteiger partial charge in [0.2, 0.25) is 5.91 Å². The molecule has 0 atom stereocenters. The number of aromatic nitrogens is 4. The summed E-state index contributed by atoms with van der Waals surface area (Å²) in [5.41, 5.74) is 7.68. The predicted octanol–water partition coefficient (Wildman–Crippen LogP) is 6.70. The van der Waals surface area contributed by atoms with Crippen LogP contribution in [0, 0.1) is 20.8 Å². The number of nitrogens with zero attached hydrogens (tertiary/aromatic N) is 4. The number of thioether (sulfide) groups is 1. The van der Waals surface area contributed by atoms with Gasteiger partial charge in [-0.15, -0.1) is 0 Å². The smallest absolute Gasteiger partial charge is 0.234 e. The minimum absolute atomic E-state index is 0.0680. The number of rotatable bonds is 7. The summed E-state index contributed by atoms with van der Waals surface area (Å²) in [7, 11) is 0. The van der Waals surface area contributed by atoms with Crippen LogP contribution in [-0.4, -0.2) is 31.4 Å². The number of benzene rings is 3. The van der Waals surface area contributed by atoms with Gasteiger partial charge in [0.15, 0.2) is 11.5 Å². The molecule has 0 unspecified atom stereocenters. The highest BCUT2D eigenvalue weighted by Gasteiger charge is 2.21. The first-order valence-corrected chi connectivity index (χ1v) is 13.3. The number of carbonyl (C=O) groups is 1. The molecule has 5 aromatic rings. The van der Waals surface area contributed by atoms with Gasteiger partial charge in [0, 0.05) is 11.3 Å². The Bertz CT molecular complexity index is 1560. The lowest BCUT2D eigenvalue weighted by atomic mass is 10.1. The molecule has 0 spiro atoms. The fraction of sp³-hybridized carbons (Fsp3) is 0.200. The molecule has 37 heavy (non-hydrogen) atoms. The molecule has 6 nitrogen and oxygen atoms in total. The normalized spacial score (nSPS) is 11.1. The van der Waals surface area contributed by atoms with E-state index in [4.69, 9.17) is 15.1 Å². The SMILES string of the molecule is CCc1nn(-c2ccccc2)c2nc(-c3ccccc3)nc(SCC(=O)Nc3c(C)cc(C)cc3C)c12. The molecular formula is C30H29N5OS. The first-order chi connectivity index (χ1) is 17.9. The van der Waals surface area contributed by atoms with Crippen molar-refractivity contribution in [2.24, 2.45) is 0 Å². The number of carbonyl (C=O) groups excluding carboxylic acids is 1. The molecule has 0 saturated carbocycles. The van der Waals surface area contributed by atoms with E-state index < -0.39 is 0 Å². The number of aryl methyl sites for hydroxylation is 4. The van der Waals surface area contributed by atoms with Crippen LogP contribution in [0.2, 0.25) is 0 Å². The van der Waals surface area contributed by atoms with E-state index >= 15 is 0 Å². The van der Waals surface area contributed by atoms with E-state index in [-0.39, 0.29) is 11.7 Å². The van der Waals surface area contributed by atoms with Gasteiger partial charge in [-0.05, 0) is 50.5 Å². The number of nitrogens with one attached hydrogen (secondary N) is 1. The van der Waals surface area contributed by atoms with Gasteiger partial charge in [0.1, 0.15) is 5.03 Å². The summed E-state index contributed by atoms with van der Waals surface area (Å²) in [6, 6.07) is 24.1. The summed E-state index contributed by atoms with van der Waals surface area (Å²) in [6.45, 7) is 8.18. The summed E-state index contributed by atoms with van der Waals surface area (Å²) in [5, 5.41) is 9.66. The van der Waals surface area contributed by atoms with Gasteiger partial charge in [-0.3, -0.25) is 4.79 Å². The maximum Gasteiger partial charge on any atom is 0.234 e. The average molecular weight is 508 g/mol. The molecule has 0 radical (unpaired) electrons. The van der Waals surface area contributed by atoms with E-state index in [1.54, 1.807) is 0 Å². The summed E-state index contributed by atoms with van der Waals surface area (Å²) in [4.78, 5) is 22.9. The highest BCUT2D eigenvalue weighted by Crippen LogP contribution is 2.33. The van der Waals surface area contributed by atoms with Crippen molar-refractivity contribution < 1.29 is 4.79 Å². The largest absolute Gasteiger partial charge is 0.325 e. The van der Waals surface area contributed by atoms with E-state index in [9.17, 15) is 4.79 Å². The van der Waals surface area contributed by atoms with Crippen LogP contribution in [0.4, 0.5) is 5.69 Å². The Balaban J connectivity index is 1.55. The second-order valence-electron chi connectivity index (χ2n) is 9.08. The van der Waals surface area contributed by atoms with E-state index in [2.05, 4.69) is 31.3 Å². The van der Waals surface area contributed by atoms with Crippen molar-refractivity contribution in [2.75, 3.05) is 11.1 Å². The van der Waals surface area contributed by atoms with Crippen LogP contribution in [0.3, 0.4) is 0 Å². The average Bonchev–Trinajstić information content (AvgIpc) is 3.29. The Morgan fingerprint density at radius 1 is 0.919 bits per heavy atom. The van der Waals surface area contributed by atoms with Crippen LogP contribution in [0.5, 0.6) is 0 Å². The molecule has 0 bridgehead atoms. The molecular weight excluding hydrogens is 478 g/mol. The van der Waals surface area contributed by atoms with Gasteiger partial charge in [-0.1, -0.05) is 84.9 Å². The minimum atomic E-state index is -0.0680. The molecule has 3 aromatic carbocycles. The molecule has 0 aliphatic heterocycles. The predicted molar refractivity (Wildman–Crippen MR) is 151 cm³/mol.